The maximum Gasteiger partial charge on any atom is 0.216 e. The molecule has 0 amide bonds. The summed E-state index contributed by atoms with van der Waals surface area (Å²) in [5, 5.41) is 10.6. The molecule has 0 heterocycles. The summed E-state index contributed by atoms with van der Waals surface area (Å²) in [5.41, 5.74) is 0. The minimum atomic E-state index is -0.474. The Labute approximate surface area is 77.5 Å². The second-order valence-electron chi connectivity index (χ2n) is 3.80. The second kappa shape index (κ2) is 4.35. The van der Waals surface area contributed by atoms with Crippen molar-refractivity contribution >= 4 is 5.78 Å². The number of hydrogen-bond donors (Lipinski definition) is 0. The molecule has 0 N–H and O–H groups in total. The molecule has 1 aliphatic carbocycles. The summed E-state index contributed by atoms with van der Waals surface area (Å²) in [5.74, 6) is 0.0556. The number of rotatable bonds is 3. The van der Waals surface area contributed by atoms with Crippen LogP contribution in [0.3, 0.4) is 0 Å². The third-order valence-corrected chi connectivity index (χ3v) is 2.69. The van der Waals surface area contributed by atoms with Crippen molar-refractivity contribution in [1.82, 2.24) is 0 Å². The molecule has 74 valence electrons. The Morgan fingerprint density at radius 1 is 1.46 bits per heavy atom. The normalized spacial score (nSPS) is 28.4. The molecule has 1 aliphatic rings. The molecule has 0 saturated heterocycles. The fraction of sp³-hybridized carbons (Fsp3) is 0.889. The summed E-state index contributed by atoms with van der Waals surface area (Å²) in [6.45, 7) is 1.51. The Hall–Kier alpha value is -0.930. The first-order valence-electron chi connectivity index (χ1n) is 4.74. The molecule has 1 rings (SSSR count). The van der Waals surface area contributed by atoms with Gasteiger partial charge in [0.15, 0.2) is 0 Å². The second-order valence-corrected chi connectivity index (χ2v) is 3.80. The van der Waals surface area contributed by atoms with Crippen LogP contribution in [0.4, 0.5) is 0 Å². The van der Waals surface area contributed by atoms with Crippen LogP contribution in [0.1, 0.15) is 39.0 Å². The molecule has 1 fully saturated rings. The van der Waals surface area contributed by atoms with E-state index in [1.807, 2.05) is 0 Å². The number of carbonyl (C=O) groups is 1. The third-order valence-electron chi connectivity index (χ3n) is 2.69. The number of Topliss-reactive ketones (excluding diaryl/α,β-unsaturated/α-hetero) is 1. The molecule has 0 bridgehead atoms. The van der Waals surface area contributed by atoms with Gasteiger partial charge in [-0.25, -0.2) is 0 Å². The molecule has 0 aromatic carbocycles. The summed E-state index contributed by atoms with van der Waals surface area (Å²) in [6.07, 6.45) is 3.82. The van der Waals surface area contributed by atoms with Crippen LogP contribution in [0, 0.1) is 16.0 Å². The Balaban J connectivity index is 2.56. The molecule has 1 saturated carbocycles. The van der Waals surface area contributed by atoms with Crippen molar-refractivity contribution in [3.05, 3.63) is 10.1 Å². The van der Waals surface area contributed by atoms with E-state index < -0.39 is 6.04 Å². The molecule has 0 spiro atoms. The highest BCUT2D eigenvalue weighted by molar-refractivity contribution is 5.75. The standard InChI is InChI=1S/C9H15NO3/c1-7(11)6-8-4-2-3-5-9(8)10(12)13/h8-9H,2-6H2,1H3/t8-,9-/m0/s1. The van der Waals surface area contributed by atoms with Crippen LogP contribution >= 0.6 is 0 Å². The van der Waals surface area contributed by atoms with Gasteiger partial charge in [-0.15, -0.1) is 0 Å². The highest BCUT2D eigenvalue weighted by Crippen LogP contribution is 2.28. The van der Waals surface area contributed by atoms with Crippen LogP contribution in [-0.4, -0.2) is 16.7 Å². The monoisotopic (exact) mass is 185 g/mol. The van der Waals surface area contributed by atoms with E-state index in [0.29, 0.717) is 12.8 Å². The van der Waals surface area contributed by atoms with Crippen LogP contribution < -0.4 is 0 Å². The maximum atomic E-state index is 10.9. The number of hydrogen-bond acceptors (Lipinski definition) is 3. The predicted molar refractivity (Wildman–Crippen MR) is 48.0 cm³/mol. The van der Waals surface area contributed by atoms with E-state index in [0.717, 1.165) is 19.3 Å². The lowest BCUT2D eigenvalue weighted by molar-refractivity contribution is -0.535. The van der Waals surface area contributed by atoms with E-state index in [2.05, 4.69) is 0 Å². The van der Waals surface area contributed by atoms with Gasteiger partial charge in [0.25, 0.3) is 0 Å². The van der Waals surface area contributed by atoms with Crippen molar-refractivity contribution in [3.63, 3.8) is 0 Å². The molecular weight excluding hydrogens is 170 g/mol. The fourth-order valence-corrected chi connectivity index (χ4v) is 2.07. The summed E-state index contributed by atoms with van der Waals surface area (Å²) in [4.78, 5) is 21.3. The van der Waals surface area contributed by atoms with E-state index in [1.54, 1.807) is 0 Å². The predicted octanol–water partition coefficient (Wildman–Crippen LogP) is 1.80. The van der Waals surface area contributed by atoms with Gasteiger partial charge in [-0.3, -0.25) is 10.1 Å². The molecule has 13 heavy (non-hydrogen) atoms. The van der Waals surface area contributed by atoms with Gasteiger partial charge in [0.2, 0.25) is 6.04 Å². The summed E-state index contributed by atoms with van der Waals surface area (Å²) < 4.78 is 0. The molecule has 0 aliphatic heterocycles. The van der Waals surface area contributed by atoms with E-state index >= 15 is 0 Å². The SMILES string of the molecule is CC(=O)C[C@@H]1CCCC[C@@H]1[N+](=O)[O-]. The van der Waals surface area contributed by atoms with Crippen LogP contribution in [0.5, 0.6) is 0 Å². The molecule has 4 heteroatoms. The van der Waals surface area contributed by atoms with Crippen LogP contribution in [0.15, 0.2) is 0 Å². The summed E-state index contributed by atoms with van der Waals surface area (Å²) >= 11 is 0. The maximum absolute atomic E-state index is 10.9. The van der Waals surface area contributed by atoms with Crippen LogP contribution in [-0.2, 0) is 4.79 Å². The largest absolute Gasteiger partial charge is 0.300 e. The zero-order chi connectivity index (χ0) is 9.84. The molecule has 0 aromatic rings. The molecule has 0 radical (unpaired) electrons. The topological polar surface area (TPSA) is 60.2 Å². The highest BCUT2D eigenvalue weighted by atomic mass is 16.6. The van der Waals surface area contributed by atoms with Crippen molar-refractivity contribution in [2.24, 2.45) is 5.92 Å². The van der Waals surface area contributed by atoms with Gasteiger partial charge in [-0.1, -0.05) is 6.42 Å². The lowest BCUT2D eigenvalue weighted by Crippen LogP contribution is -2.33. The minimum Gasteiger partial charge on any atom is -0.300 e. The van der Waals surface area contributed by atoms with Gasteiger partial charge in [0, 0.05) is 23.7 Å². The zero-order valence-electron chi connectivity index (χ0n) is 7.86. The molecule has 4 nitrogen and oxygen atoms in total. The van der Waals surface area contributed by atoms with Crippen molar-refractivity contribution in [1.29, 1.82) is 0 Å². The number of carbonyl (C=O) groups excluding carboxylic acids is 1. The van der Waals surface area contributed by atoms with Gasteiger partial charge in [0.1, 0.15) is 5.78 Å². The molecule has 0 unspecified atom stereocenters. The smallest absolute Gasteiger partial charge is 0.216 e. The van der Waals surface area contributed by atoms with Gasteiger partial charge in [0.05, 0.1) is 0 Å². The quantitative estimate of drug-likeness (QED) is 0.497. The van der Waals surface area contributed by atoms with Crippen LogP contribution in [0.25, 0.3) is 0 Å². The summed E-state index contributed by atoms with van der Waals surface area (Å²) in [7, 11) is 0. The van der Waals surface area contributed by atoms with Crippen molar-refractivity contribution in [3.8, 4) is 0 Å². The Morgan fingerprint density at radius 2 is 2.08 bits per heavy atom. The molecular formula is C9H15NO3. The summed E-state index contributed by atoms with van der Waals surface area (Å²) in [6, 6.07) is -0.474. The number of ketones is 1. The first-order valence-corrected chi connectivity index (χ1v) is 4.74. The Morgan fingerprint density at radius 3 is 2.62 bits per heavy atom. The van der Waals surface area contributed by atoms with E-state index in [4.69, 9.17) is 0 Å². The molecule has 0 aromatic heterocycles. The lowest BCUT2D eigenvalue weighted by Gasteiger charge is -2.24. The first kappa shape index (κ1) is 10.2. The van der Waals surface area contributed by atoms with Crippen molar-refractivity contribution in [2.75, 3.05) is 0 Å². The Bertz CT molecular complexity index is 215. The van der Waals surface area contributed by atoms with Gasteiger partial charge < -0.3 is 4.79 Å². The van der Waals surface area contributed by atoms with Crippen molar-refractivity contribution < 1.29 is 9.72 Å². The lowest BCUT2D eigenvalue weighted by atomic mass is 9.82. The van der Waals surface area contributed by atoms with Crippen molar-refractivity contribution in [2.45, 2.75) is 45.1 Å². The average Bonchev–Trinajstić information content (AvgIpc) is 2.03. The average molecular weight is 185 g/mol. The van der Waals surface area contributed by atoms with Gasteiger partial charge in [-0.05, 0) is 19.8 Å². The first-order chi connectivity index (χ1) is 6.11. The van der Waals surface area contributed by atoms with E-state index in [1.165, 1.54) is 6.92 Å². The zero-order valence-corrected chi connectivity index (χ0v) is 7.86. The van der Waals surface area contributed by atoms with E-state index in [9.17, 15) is 14.9 Å². The van der Waals surface area contributed by atoms with Gasteiger partial charge in [-0.2, -0.15) is 0 Å². The number of nitrogens with zero attached hydrogens (tertiary/aromatic N) is 1. The van der Waals surface area contributed by atoms with E-state index in [-0.39, 0.29) is 16.6 Å². The third kappa shape index (κ3) is 2.79. The fourth-order valence-electron chi connectivity index (χ4n) is 2.07. The highest BCUT2D eigenvalue weighted by Gasteiger charge is 2.34. The molecule has 2 atom stereocenters. The van der Waals surface area contributed by atoms with Crippen LogP contribution in [0.2, 0.25) is 0 Å². The minimum absolute atomic E-state index is 0.0127. The van der Waals surface area contributed by atoms with Gasteiger partial charge >= 0.3 is 0 Å². The number of nitro groups is 1. The Kier molecular flexibility index (Phi) is 3.39.